The molecule has 1 heterocycles. The van der Waals surface area contributed by atoms with Gasteiger partial charge in [-0.1, -0.05) is 24.9 Å². The standard InChI is InChI=1S/C15H21ClN2O2/c1-3-10-6-7-17-13(8-10)15(19)18-11-4-5-12(16)14(9-11)20-2/h4-5,9-10,13,17H,3,6-8H2,1-2H3,(H,18,19). The van der Waals surface area contributed by atoms with Crippen LogP contribution in [0, 0.1) is 5.92 Å². The van der Waals surface area contributed by atoms with Gasteiger partial charge in [0, 0.05) is 11.8 Å². The molecule has 5 heteroatoms. The zero-order chi connectivity index (χ0) is 14.5. The smallest absolute Gasteiger partial charge is 0.241 e. The summed E-state index contributed by atoms with van der Waals surface area (Å²) in [7, 11) is 1.56. The van der Waals surface area contributed by atoms with E-state index in [1.807, 2.05) is 0 Å². The number of hydrogen-bond acceptors (Lipinski definition) is 3. The van der Waals surface area contributed by atoms with Crippen molar-refractivity contribution in [3.63, 3.8) is 0 Å². The van der Waals surface area contributed by atoms with E-state index in [0.29, 0.717) is 22.4 Å². The number of piperidine rings is 1. The molecule has 0 aromatic heterocycles. The third-order valence-corrected chi connectivity index (χ3v) is 4.14. The number of anilines is 1. The average Bonchev–Trinajstić information content (AvgIpc) is 2.49. The van der Waals surface area contributed by atoms with Crippen LogP contribution in [0.25, 0.3) is 0 Å². The van der Waals surface area contributed by atoms with Crippen LogP contribution >= 0.6 is 11.6 Å². The van der Waals surface area contributed by atoms with Crippen LogP contribution in [0.2, 0.25) is 5.02 Å². The molecule has 1 aromatic carbocycles. The van der Waals surface area contributed by atoms with Crippen LogP contribution in [0.15, 0.2) is 18.2 Å². The van der Waals surface area contributed by atoms with E-state index in [9.17, 15) is 4.79 Å². The van der Waals surface area contributed by atoms with Crippen molar-refractivity contribution in [2.24, 2.45) is 5.92 Å². The highest BCUT2D eigenvalue weighted by molar-refractivity contribution is 6.32. The normalized spacial score (nSPS) is 22.4. The van der Waals surface area contributed by atoms with E-state index in [2.05, 4.69) is 17.6 Å². The first-order valence-electron chi connectivity index (χ1n) is 7.01. The Labute approximate surface area is 124 Å². The molecule has 1 aliphatic rings. The summed E-state index contributed by atoms with van der Waals surface area (Å²) in [5.41, 5.74) is 0.705. The van der Waals surface area contributed by atoms with E-state index in [0.717, 1.165) is 25.8 Å². The quantitative estimate of drug-likeness (QED) is 0.898. The average molecular weight is 297 g/mol. The molecule has 0 bridgehead atoms. The van der Waals surface area contributed by atoms with E-state index in [4.69, 9.17) is 16.3 Å². The largest absolute Gasteiger partial charge is 0.495 e. The number of rotatable bonds is 4. The van der Waals surface area contributed by atoms with Gasteiger partial charge in [0.1, 0.15) is 5.75 Å². The molecule has 1 amide bonds. The van der Waals surface area contributed by atoms with E-state index < -0.39 is 0 Å². The van der Waals surface area contributed by atoms with Crippen molar-refractivity contribution in [2.45, 2.75) is 32.2 Å². The number of benzene rings is 1. The molecule has 2 unspecified atom stereocenters. The van der Waals surface area contributed by atoms with Gasteiger partial charge in [-0.3, -0.25) is 4.79 Å². The Kier molecular flexibility index (Phi) is 5.26. The van der Waals surface area contributed by atoms with E-state index in [1.54, 1.807) is 25.3 Å². The monoisotopic (exact) mass is 296 g/mol. The minimum absolute atomic E-state index is 0.00697. The van der Waals surface area contributed by atoms with Crippen molar-refractivity contribution in [2.75, 3.05) is 19.0 Å². The lowest BCUT2D eigenvalue weighted by Crippen LogP contribution is -2.46. The fraction of sp³-hybridized carbons (Fsp3) is 0.533. The van der Waals surface area contributed by atoms with Gasteiger partial charge in [-0.2, -0.15) is 0 Å². The van der Waals surface area contributed by atoms with Crippen LogP contribution in [-0.2, 0) is 4.79 Å². The summed E-state index contributed by atoms with van der Waals surface area (Å²) in [5.74, 6) is 1.20. The van der Waals surface area contributed by atoms with Crippen molar-refractivity contribution in [3.05, 3.63) is 23.2 Å². The second-order valence-electron chi connectivity index (χ2n) is 5.14. The lowest BCUT2D eigenvalue weighted by molar-refractivity contribution is -0.119. The summed E-state index contributed by atoms with van der Waals surface area (Å²) < 4.78 is 5.15. The highest BCUT2D eigenvalue weighted by Gasteiger charge is 2.25. The maximum atomic E-state index is 12.3. The summed E-state index contributed by atoms with van der Waals surface area (Å²) in [6.45, 7) is 3.08. The Morgan fingerprint density at radius 1 is 1.55 bits per heavy atom. The van der Waals surface area contributed by atoms with E-state index >= 15 is 0 Å². The molecule has 2 rings (SSSR count). The van der Waals surface area contributed by atoms with Gasteiger partial charge in [0.25, 0.3) is 0 Å². The topological polar surface area (TPSA) is 50.4 Å². The summed E-state index contributed by atoms with van der Waals surface area (Å²) in [6, 6.07) is 5.12. The SMILES string of the molecule is CCC1CCNC(C(=O)Nc2ccc(Cl)c(OC)c2)C1. The van der Waals surface area contributed by atoms with Gasteiger partial charge in [0.2, 0.25) is 5.91 Å². The number of methoxy groups -OCH3 is 1. The van der Waals surface area contributed by atoms with Gasteiger partial charge in [0.15, 0.2) is 0 Å². The number of hydrogen-bond donors (Lipinski definition) is 2. The predicted molar refractivity (Wildman–Crippen MR) is 81.4 cm³/mol. The summed E-state index contributed by atoms with van der Waals surface area (Å²) in [4.78, 5) is 12.3. The third-order valence-electron chi connectivity index (χ3n) is 3.82. The van der Waals surface area contributed by atoms with Gasteiger partial charge in [0.05, 0.1) is 18.2 Å². The lowest BCUT2D eigenvalue weighted by atomic mass is 9.90. The first kappa shape index (κ1) is 15.1. The molecule has 4 nitrogen and oxygen atoms in total. The molecule has 20 heavy (non-hydrogen) atoms. The van der Waals surface area contributed by atoms with Crippen molar-refractivity contribution in [3.8, 4) is 5.75 Å². The Balaban J connectivity index is 2.00. The Morgan fingerprint density at radius 2 is 2.35 bits per heavy atom. The summed E-state index contributed by atoms with van der Waals surface area (Å²) in [6.07, 6.45) is 3.17. The molecule has 1 fully saturated rings. The first-order valence-corrected chi connectivity index (χ1v) is 7.39. The van der Waals surface area contributed by atoms with Crippen molar-refractivity contribution >= 4 is 23.2 Å². The van der Waals surface area contributed by atoms with Gasteiger partial charge in [-0.25, -0.2) is 0 Å². The Bertz CT molecular complexity index is 479. The van der Waals surface area contributed by atoms with E-state index in [1.165, 1.54) is 0 Å². The zero-order valence-electron chi connectivity index (χ0n) is 11.9. The van der Waals surface area contributed by atoms with E-state index in [-0.39, 0.29) is 11.9 Å². The van der Waals surface area contributed by atoms with Gasteiger partial charge in [-0.15, -0.1) is 0 Å². The minimum atomic E-state index is -0.115. The van der Waals surface area contributed by atoms with Crippen LogP contribution in [0.3, 0.4) is 0 Å². The molecule has 0 radical (unpaired) electrons. The van der Waals surface area contributed by atoms with Crippen molar-refractivity contribution in [1.29, 1.82) is 0 Å². The fourth-order valence-electron chi connectivity index (χ4n) is 2.53. The number of carbonyl (C=O) groups excluding carboxylic acids is 1. The molecular formula is C15H21ClN2O2. The molecule has 2 atom stereocenters. The third kappa shape index (κ3) is 3.64. The number of amides is 1. The number of halogens is 1. The van der Waals surface area contributed by atoms with Crippen molar-refractivity contribution < 1.29 is 9.53 Å². The molecule has 0 saturated carbocycles. The number of carbonyl (C=O) groups is 1. The predicted octanol–water partition coefficient (Wildman–Crippen LogP) is 3.07. The number of ether oxygens (including phenoxy) is 1. The van der Waals surface area contributed by atoms with Crippen molar-refractivity contribution in [1.82, 2.24) is 5.32 Å². The molecule has 1 saturated heterocycles. The second kappa shape index (κ2) is 6.95. The lowest BCUT2D eigenvalue weighted by Gasteiger charge is -2.28. The Hall–Kier alpha value is -1.26. The molecule has 0 aliphatic carbocycles. The molecule has 1 aromatic rings. The van der Waals surface area contributed by atoms with Crippen LogP contribution in [0.1, 0.15) is 26.2 Å². The van der Waals surface area contributed by atoms with Gasteiger partial charge in [-0.05, 0) is 37.4 Å². The van der Waals surface area contributed by atoms with Gasteiger partial charge < -0.3 is 15.4 Å². The first-order chi connectivity index (χ1) is 9.63. The number of nitrogens with one attached hydrogen (secondary N) is 2. The zero-order valence-corrected chi connectivity index (χ0v) is 12.7. The fourth-order valence-corrected chi connectivity index (χ4v) is 2.73. The highest BCUT2D eigenvalue weighted by atomic mass is 35.5. The second-order valence-corrected chi connectivity index (χ2v) is 5.55. The molecule has 2 N–H and O–H groups in total. The van der Waals surface area contributed by atoms with Crippen LogP contribution in [0.5, 0.6) is 5.75 Å². The summed E-state index contributed by atoms with van der Waals surface area (Å²) in [5, 5.41) is 6.73. The van der Waals surface area contributed by atoms with Crippen LogP contribution in [-0.4, -0.2) is 25.6 Å². The summed E-state index contributed by atoms with van der Waals surface area (Å²) >= 11 is 5.97. The molecule has 1 aliphatic heterocycles. The maximum absolute atomic E-state index is 12.3. The molecule has 0 spiro atoms. The Morgan fingerprint density at radius 3 is 3.05 bits per heavy atom. The van der Waals surface area contributed by atoms with Gasteiger partial charge >= 0.3 is 0 Å². The minimum Gasteiger partial charge on any atom is -0.495 e. The molecular weight excluding hydrogens is 276 g/mol. The highest BCUT2D eigenvalue weighted by Crippen LogP contribution is 2.28. The molecule has 110 valence electrons. The maximum Gasteiger partial charge on any atom is 0.241 e. The van der Waals surface area contributed by atoms with Crippen LogP contribution in [0.4, 0.5) is 5.69 Å². The van der Waals surface area contributed by atoms with Crippen LogP contribution < -0.4 is 15.4 Å².